The largest absolute Gasteiger partial charge is 0.493 e. The lowest BCUT2D eigenvalue weighted by Gasteiger charge is -2.33. The van der Waals surface area contributed by atoms with E-state index in [1.54, 1.807) is 0 Å². The lowest BCUT2D eigenvalue weighted by molar-refractivity contribution is -0.127. The highest BCUT2D eigenvalue weighted by molar-refractivity contribution is 7.89. The molecule has 2 aromatic rings. The van der Waals surface area contributed by atoms with E-state index in [1.165, 1.54) is 58.8 Å². The summed E-state index contributed by atoms with van der Waals surface area (Å²) in [5, 5.41) is 0. The quantitative estimate of drug-likeness (QED) is 0.582. The van der Waals surface area contributed by atoms with Crippen LogP contribution in [0.4, 0.5) is 13.2 Å². The summed E-state index contributed by atoms with van der Waals surface area (Å²) in [6.45, 7) is -2.50. The van der Waals surface area contributed by atoms with Gasteiger partial charge in [-0.2, -0.15) is 13.1 Å². The van der Waals surface area contributed by atoms with Crippen LogP contribution in [0.1, 0.15) is 5.56 Å². The third-order valence-corrected chi connectivity index (χ3v) is 6.70. The van der Waals surface area contributed by atoms with Crippen LogP contribution in [0, 0.1) is 5.82 Å². The van der Waals surface area contributed by atoms with Crippen LogP contribution in [0.25, 0.3) is 6.08 Å². The summed E-state index contributed by atoms with van der Waals surface area (Å²) in [5.74, 6) is -1.01. The Morgan fingerprint density at radius 3 is 2.41 bits per heavy atom. The fraction of sp³-hybridized carbons (Fsp3) is 0.286. The molecule has 11 heteroatoms. The summed E-state index contributed by atoms with van der Waals surface area (Å²) in [5.41, 5.74) is 0.532. The summed E-state index contributed by atoms with van der Waals surface area (Å²) in [6.07, 6.45) is 2.80. The Hall–Kier alpha value is -3.05. The molecule has 0 aromatic heterocycles. The maximum Gasteiger partial charge on any atom is 0.387 e. The first kappa shape index (κ1) is 23.6. The summed E-state index contributed by atoms with van der Waals surface area (Å²) in [6, 6.07) is 9.03. The molecule has 0 bridgehead atoms. The molecule has 0 saturated carbocycles. The summed E-state index contributed by atoms with van der Waals surface area (Å²) in [4.78, 5) is 13.8. The highest BCUT2D eigenvalue weighted by Gasteiger charge is 2.29. The zero-order valence-electron chi connectivity index (χ0n) is 17.1. The van der Waals surface area contributed by atoms with Crippen molar-refractivity contribution in [2.75, 3.05) is 33.3 Å². The molecule has 2 aromatic carbocycles. The van der Waals surface area contributed by atoms with Gasteiger partial charge in [-0.3, -0.25) is 4.79 Å². The number of amides is 1. The van der Waals surface area contributed by atoms with Crippen LogP contribution in [0.5, 0.6) is 11.5 Å². The number of piperazine rings is 1. The van der Waals surface area contributed by atoms with Gasteiger partial charge in [0.15, 0.2) is 11.5 Å². The van der Waals surface area contributed by atoms with Gasteiger partial charge in [-0.1, -0.05) is 12.1 Å². The van der Waals surface area contributed by atoms with Gasteiger partial charge in [0.25, 0.3) is 0 Å². The summed E-state index contributed by atoms with van der Waals surface area (Å²) < 4.78 is 74.1. The van der Waals surface area contributed by atoms with Crippen molar-refractivity contribution in [3.8, 4) is 11.5 Å². The third kappa shape index (κ3) is 5.60. The highest BCUT2D eigenvalue weighted by atomic mass is 32.2. The predicted molar refractivity (Wildman–Crippen MR) is 110 cm³/mol. The molecule has 1 fully saturated rings. The smallest absolute Gasteiger partial charge is 0.387 e. The third-order valence-electron chi connectivity index (χ3n) is 4.81. The summed E-state index contributed by atoms with van der Waals surface area (Å²) >= 11 is 0. The molecule has 32 heavy (non-hydrogen) atoms. The van der Waals surface area contributed by atoms with Crippen molar-refractivity contribution >= 4 is 22.0 Å². The fourth-order valence-corrected chi connectivity index (χ4v) is 4.63. The van der Waals surface area contributed by atoms with Crippen molar-refractivity contribution in [1.29, 1.82) is 0 Å². The van der Waals surface area contributed by atoms with Crippen molar-refractivity contribution < 1.29 is 35.9 Å². The van der Waals surface area contributed by atoms with Crippen LogP contribution in [0.15, 0.2) is 53.4 Å². The molecule has 0 spiro atoms. The van der Waals surface area contributed by atoms with E-state index in [4.69, 9.17) is 4.74 Å². The van der Waals surface area contributed by atoms with Gasteiger partial charge in [-0.25, -0.2) is 12.8 Å². The van der Waals surface area contributed by atoms with Crippen molar-refractivity contribution in [2.45, 2.75) is 11.5 Å². The van der Waals surface area contributed by atoms with Crippen LogP contribution in [0.2, 0.25) is 0 Å². The zero-order valence-corrected chi connectivity index (χ0v) is 17.9. The Balaban J connectivity index is 1.61. The highest BCUT2D eigenvalue weighted by Crippen LogP contribution is 2.30. The topological polar surface area (TPSA) is 76.2 Å². The monoisotopic (exact) mass is 470 g/mol. The number of rotatable bonds is 7. The molecule has 0 N–H and O–H groups in total. The number of hydrogen-bond donors (Lipinski definition) is 0. The second-order valence-electron chi connectivity index (χ2n) is 6.81. The van der Waals surface area contributed by atoms with Gasteiger partial charge < -0.3 is 14.4 Å². The number of nitrogens with zero attached hydrogens (tertiary/aromatic N) is 2. The Kier molecular flexibility index (Phi) is 7.41. The molecule has 0 unspecified atom stereocenters. The van der Waals surface area contributed by atoms with Crippen molar-refractivity contribution in [2.24, 2.45) is 0 Å². The minimum absolute atomic E-state index is 0.0753. The Bertz CT molecular complexity index is 1100. The van der Waals surface area contributed by atoms with Gasteiger partial charge in [0.1, 0.15) is 5.82 Å². The number of sulfonamides is 1. The second-order valence-corrected chi connectivity index (χ2v) is 8.75. The molecule has 1 aliphatic rings. The molecule has 0 aliphatic carbocycles. The van der Waals surface area contributed by atoms with Crippen LogP contribution in [-0.4, -0.2) is 63.4 Å². The maximum atomic E-state index is 13.4. The molecular weight excluding hydrogens is 449 g/mol. The number of carbonyl (C=O) groups excluding carboxylic acids is 1. The summed E-state index contributed by atoms with van der Waals surface area (Å²) in [7, 11) is -2.54. The van der Waals surface area contributed by atoms with Crippen LogP contribution >= 0.6 is 0 Å². The number of ether oxygens (including phenoxy) is 2. The van der Waals surface area contributed by atoms with Crippen LogP contribution < -0.4 is 9.47 Å². The number of hydrogen-bond acceptors (Lipinski definition) is 5. The first-order chi connectivity index (χ1) is 15.2. The molecule has 3 rings (SSSR count). The Morgan fingerprint density at radius 2 is 1.78 bits per heavy atom. The number of methoxy groups -OCH3 is 1. The number of carbonyl (C=O) groups is 1. The van der Waals surface area contributed by atoms with E-state index < -0.39 is 22.5 Å². The maximum absolute atomic E-state index is 13.4. The van der Waals surface area contributed by atoms with Crippen molar-refractivity contribution in [3.63, 3.8) is 0 Å². The number of benzene rings is 2. The zero-order chi connectivity index (χ0) is 23.3. The van der Waals surface area contributed by atoms with Crippen molar-refractivity contribution in [3.05, 3.63) is 59.9 Å². The van der Waals surface area contributed by atoms with Gasteiger partial charge in [0.05, 0.1) is 12.0 Å². The van der Waals surface area contributed by atoms with E-state index in [0.29, 0.717) is 5.56 Å². The van der Waals surface area contributed by atoms with Gasteiger partial charge >= 0.3 is 6.61 Å². The first-order valence-corrected chi connectivity index (χ1v) is 11.0. The van der Waals surface area contributed by atoms with E-state index in [2.05, 4.69) is 4.74 Å². The lowest BCUT2D eigenvalue weighted by atomic mass is 10.2. The van der Waals surface area contributed by atoms with E-state index in [1.807, 2.05) is 0 Å². The molecule has 0 radical (unpaired) electrons. The van der Waals surface area contributed by atoms with Gasteiger partial charge in [0.2, 0.25) is 15.9 Å². The number of alkyl halides is 2. The number of halogens is 3. The molecule has 1 amide bonds. The lowest BCUT2D eigenvalue weighted by Crippen LogP contribution is -2.50. The van der Waals surface area contributed by atoms with Crippen molar-refractivity contribution in [1.82, 2.24) is 9.21 Å². The van der Waals surface area contributed by atoms with Gasteiger partial charge in [-0.15, -0.1) is 0 Å². The molecule has 1 aliphatic heterocycles. The van der Waals surface area contributed by atoms with E-state index >= 15 is 0 Å². The fourth-order valence-electron chi connectivity index (χ4n) is 3.18. The molecule has 7 nitrogen and oxygen atoms in total. The molecule has 172 valence electrons. The van der Waals surface area contributed by atoms with E-state index in [-0.39, 0.29) is 48.5 Å². The molecule has 0 atom stereocenters. The normalized spacial score (nSPS) is 15.3. The Labute approximate surface area is 183 Å². The molecule has 1 saturated heterocycles. The average molecular weight is 470 g/mol. The standard InChI is InChI=1S/C21H21F3N2O5S/c1-30-19-13-15(5-7-18(19)31-21(23)24)6-8-20(27)25-9-11-26(12-10-25)32(28,29)17-4-2-3-16(22)14-17/h2-8,13-14,21H,9-12H2,1H3/b8-6+. The van der Waals surface area contributed by atoms with Crippen LogP contribution in [-0.2, 0) is 14.8 Å². The SMILES string of the molecule is COc1cc(/C=C/C(=O)N2CCN(S(=O)(=O)c3cccc(F)c3)CC2)ccc1OC(F)F. The van der Waals surface area contributed by atoms with Gasteiger partial charge in [0, 0.05) is 32.3 Å². The predicted octanol–water partition coefficient (Wildman–Crippen LogP) is 2.98. The van der Waals surface area contributed by atoms with Gasteiger partial charge in [-0.05, 0) is 42.0 Å². The molecular formula is C21H21F3N2O5S. The van der Waals surface area contributed by atoms with Crippen LogP contribution in [0.3, 0.4) is 0 Å². The second kappa shape index (κ2) is 10.0. The molecule has 1 heterocycles. The average Bonchev–Trinajstić information content (AvgIpc) is 2.78. The van der Waals surface area contributed by atoms with E-state index in [9.17, 15) is 26.4 Å². The Morgan fingerprint density at radius 1 is 1.06 bits per heavy atom. The van der Waals surface area contributed by atoms with E-state index in [0.717, 1.165) is 12.1 Å². The first-order valence-electron chi connectivity index (χ1n) is 9.56. The minimum atomic E-state index is -3.85. The minimum Gasteiger partial charge on any atom is -0.493 e.